The SMILES string of the molecule is C.CC(C)(C)OC(=O)NS(=O)[O-].CCOc1ccc2c(C(=O)c3cc(OC)c(OC)c(OC)c3)cncc2c1N.CCOc1ccc2c(C(=O)c3cc(OC)c(OC)c(OC)c3)cncc2c1NC(=O)OCC(C)C.CCOc1ccc2c(C(=O)c3cc(OC)c(OC)c(OC)c3)cncc2c1NC(=O)[C@H](N)Cc1ccccc1.CCOc1ccc2c(C(=O)c3cc(OC)c(OC)c(OC)c3)cncc2c1NS(N)(=O)=O.Cl.Cl.Cl. The van der Waals surface area contributed by atoms with Crippen LogP contribution in [0.25, 0.3) is 43.1 Å². The second-order valence-electron chi connectivity index (χ2n) is 32.0. The summed E-state index contributed by atoms with van der Waals surface area (Å²) in [5, 5.41) is 15.3. The maximum absolute atomic E-state index is 13.7. The van der Waals surface area contributed by atoms with E-state index < -0.39 is 45.3 Å². The van der Waals surface area contributed by atoms with Gasteiger partial charge in [-0.15, -0.1) is 37.2 Å². The Morgan fingerprint density at radius 2 is 0.685 bits per heavy atom. The van der Waals surface area contributed by atoms with E-state index in [1.54, 1.807) is 130 Å². The van der Waals surface area contributed by atoms with Crippen LogP contribution in [0.1, 0.15) is 139 Å². The Hall–Kier alpha value is -15.4. The van der Waals surface area contributed by atoms with Crippen LogP contribution < -0.4 is 112 Å². The molecule has 0 aliphatic heterocycles. The molecule has 0 aliphatic carbocycles. The summed E-state index contributed by atoms with van der Waals surface area (Å²) in [6.45, 7) is 18.0. The van der Waals surface area contributed by atoms with Crippen molar-refractivity contribution in [2.75, 3.05) is 139 Å². The minimum Gasteiger partial charge on any atom is -0.755 e. The van der Waals surface area contributed by atoms with E-state index in [-0.39, 0.29) is 109 Å². The van der Waals surface area contributed by atoms with Gasteiger partial charge in [0.15, 0.2) is 69.1 Å². The number of benzene rings is 9. The van der Waals surface area contributed by atoms with Gasteiger partial charge in [-0.3, -0.25) is 62.9 Å². The number of carbonyl (C=O) groups is 7. The number of nitrogen functional groups attached to an aromatic ring is 1. The molecule has 4 heterocycles. The second kappa shape index (κ2) is 58.2. The van der Waals surface area contributed by atoms with Crippen molar-refractivity contribution in [1.82, 2.24) is 24.7 Å². The predicted molar refractivity (Wildman–Crippen MR) is 574 cm³/mol. The number of methoxy groups -OCH3 is 12. The van der Waals surface area contributed by atoms with Gasteiger partial charge in [0.05, 0.1) is 141 Å². The molecule has 1 unspecified atom stereocenters. The maximum atomic E-state index is 13.7. The summed E-state index contributed by atoms with van der Waals surface area (Å²) in [5.74, 6) is 4.68. The fraction of sp³-hybridized carbons (Fsp3) is 0.298. The molecule has 0 spiro atoms. The topological polar surface area (TPSA) is 538 Å². The van der Waals surface area contributed by atoms with E-state index in [2.05, 4.69) is 40.0 Å². The van der Waals surface area contributed by atoms with Crippen LogP contribution >= 0.6 is 37.2 Å². The van der Waals surface area contributed by atoms with Crippen LogP contribution in [0.2, 0.25) is 0 Å². The van der Waals surface area contributed by atoms with Crippen molar-refractivity contribution in [2.45, 2.75) is 87.8 Å². The molecule has 13 aromatic rings. The van der Waals surface area contributed by atoms with Gasteiger partial charge in [-0.2, -0.15) is 8.42 Å². The number of nitrogens with one attached hydrogen (secondary N) is 4. The Kier molecular flexibility index (Phi) is 48.4. The van der Waals surface area contributed by atoms with E-state index in [1.165, 1.54) is 128 Å². The lowest BCUT2D eigenvalue weighted by Gasteiger charge is -2.19. The van der Waals surface area contributed by atoms with E-state index in [4.69, 9.17) is 97.1 Å². The van der Waals surface area contributed by atoms with Gasteiger partial charge >= 0.3 is 12.2 Å². The number of pyridine rings is 4. The Labute approximate surface area is 884 Å². The number of ether oxygens (including phenoxy) is 18. The molecule has 2 atom stereocenters. The van der Waals surface area contributed by atoms with E-state index in [1.807, 2.05) is 71.0 Å². The Balaban J connectivity index is 0.000000336. The van der Waals surface area contributed by atoms with Gasteiger partial charge in [0.25, 0.3) is 10.2 Å². The fourth-order valence-electron chi connectivity index (χ4n) is 14.7. The van der Waals surface area contributed by atoms with Crippen LogP contribution in [0.4, 0.5) is 32.3 Å². The molecule has 149 heavy (non-hydrogen) atoms. The molecule has 13 rings (SSSR count). The molecule has 0 saturated carbocycles. The van der Waals surface area contributed by atoms with Crippen LogP contribution in [0, 0.1) is 5.92 Å². The molecule has 0 fully saturated rings. The van der Waals surface area contributed by atoms with Crippen LogP contribution in [0.3, 0.4) is 0 Å². The zero-order valence-electron chi connectivity index (χ0n) is 85.0. The lowest BCUT2D eigenvalue weighted by Crippen LogP contribution is -2.37. The van der Waals surface area contributed by atoms with Crippen molar-refractivity contribution in [3.63, 3.8) is 0 Å². The van der Waals surface area contributed by atoms with Crippen LogP contribution in [0.15, 0.2) is 177 Å². The number of hydrogen-bond acceptors (Lipinski definition) is 35. The Morgan fingerprint density at radius 3 is 0.973 bits per heavy atom. The molecule has 0 saturated heterocycles. The number of amides is 3. The molecule has 40 nitrogen and oxygen atoms in total. The highest BCUT2D eigenvalue weighted by Crippen LogP contribution is 2.47. The molecular weight excluding hydrogens is 2040 g/mol. The third-order valence-electron chi connectivity index (χ3n) is 21.0. The first-order chi connectivity index (χ1) is 69.3. The third-order valence-corrected chi connectivity index (χ3v) is 21.8. The standard InChI is InChI=1S/C30H31N3O6.C26H30N2O7.C21H23N3O7S.C21H22N2O5.C5H11NO4S.CH4.3ClH/c1-5-39-24-12-11-20-21(27(24)33-30(35)23(31)13-18-9-7-6-8-10-18)16-32-17-22(20)28(34)19-14-25(36-2)29(38-4)26(15-19)37-3;1-7-34-20-9-8-17-18(23(20)28-26(30)35-14-15(2)3)12-27-13-19(17)24(29)16-10-21(31-4)25(33-6)22(11-16)32-5;1-5-31-16-7-6-13-14(19(16)24-32(22,26)27)10-23-11-15(13)20(25)12-8-17(28-2)21(30-4)18(9-12)29-3;1-5-28-16-7-6-13-14(19(16)22)10-23-11-15(13)20(24)12-8-17(25-2)21(27-4)18(9-12)26-3;1-5(2,3)10-4(7)6-11(8)9;;;;/h6-12,14-17,23H,5,13,31H2,1-4H3,(H,33,35);8-13,15H,7,14H2,1-6H3,(H,28,30);6-11,24H,5H2,1-4H3,(H2,22,26,27);6-11H,5,22H2,1-4H3;1-3H3,(H,6,7)(H,8,9);1H4;3*1H/p-1/t23-;;;;;;;;/m1......../s1. The summed E-state index contributed by atoms with van der Waals surface area (Å²) in [7, 11) is 13.7. The van der Waals surface area contributed by atoms with Gasteiger partial charge in [-0.05, 0) is 185 Å². The van der Waals surface area contributed by atoms with Crippen molar-refractivity contribution in [3.05, 3.63) is 227 Å². The lowest BCUT2D eigenvalue weighted by atomic mass is 9.97. The number of aromatic nitrogens is 4. The smallest absolute Gasteiger partial charge is 0.418 e. The van der Waals surface area contributed by atoms with Gasteiger partial charge < -0.3 is 107 Å². The predicted octanol–water partition coefficient (Wildman–Crippen LogP) is 17.7. The van der Waals surface area contributed by atoms with E-state index in [9.17, 15) is 50.7 Å². The normalized spacial score (nSPS) is 10.9. The van der Waals surface area contributed by atoms with Gasteiger partial charge in [0.1, 0.15) is 34.3 Å². The minimum absolute atomic E-state index is 0. The Bertz CT molecular complexity index is 6910. The van der Waals surface area contributed by atoms with Gasteiger partial charge in [0.2, 0.25) is 28.9 Å². The Morgan fingerprint density at radius 1 is 0.396 bits per heavy atom. The molecular formula is C104H123Cl3N11O29S2-. The maximum Gasteiger partial charge on any atom is 0.418 e. The summed E-state index contributed by atoms with van der Waals surface area (Å²) in [6.07, 6.45) is 10.9. The third kappa shape index (κ3) is 31.6. The average Bonchev–Trinajstić information content (AvgIpc) is 0.787. The number of anilines is 4. The first-order valence-electron chi connectivity index (χ1n) is 44.6. The quantitative estimate of drug-likeness (QED) is 0.0107. The second-order valence-corrected chi connectivity index (χ2v) is 34.0. The van der Waals surface area contributed by atoms with E-state index >= 15 is 0 Å². The summed E-state index contributed by atoms with van der Waals surface area (Å²) in [6, 6.07) is 35.1. The summed E-state index contributed by atoms with van der Waals surface area (Å²) in [5.41, 5.74) is 16.7. The molecule has 45 heteroatoms. The number of nitrogens with zero attached hydrogens (tertiary/aromatic N) is 4. The summed E-state index contributed by atoms with van der Waals surface area (Å²) >= 11 is -2.60. The van der Waals surface area contributed by atoms with Crippen LogP contribution in [-0.2, 0) is 42.2 Å². The molecule has 0 radical (unpaired) electrons. The molecule has 802 valence electrons. The number of rotatable bonds is 38. The van der Waals surface area contributed by atoms with Crippen molar-refractivity contribution < 1.29 is 136 Å². The molecule has 4 aromatic heterocycles. The van der Waals surface area contributed by atoms with Crippen molar-refractivity contribution in [2.24, 2.45) is 16.8 Å². The molecule has 9 aromatic carbocycles. The number of halogens is 3. The summed E-state index contributed by atoms with van der Waals surface area (Å²) in [4.78, 5) is 107. The molecule has 3 amide bonds. The number of nitrogens with two attached hydrogens (primary N) is 3. The van der Waals surface area contributed by atoms with Crippen molar-refractivity contribution >= 4 is 166 Å². The van der Waals surface area contributed by atoms with E-state index in [0.29, 0.717) is 213 Å². The van der Waals surface area contributed by atoms with Crippen molar-refractivity contribution in [3.8, 4) is 92.0 Å². The monoisotopic (exact) mass is 2160 g/mol. The van der Waals surface area contributed by atoms with Gasteiger partial charge in [-0.25, -0.2) is 14.7 Å². The zero-order valence-corrected chi connectivity index (χ0v) is 89.1. The lowest BCUT2D eigenvalue weighted by molar-refractivity contribution is -0.117. The van der Waals surface area contributed by atoms with Crippen LogP contribution in [-0.4, -0.2) is 208 Å². The van der Waals surface area contributed by atoms with Gasteiger partial charge in [-0.1, -0.05) is 51.6 Å². The zero-order chi connectivity index (χ0) is 106. The number of carbonyl (C=O) groups excluding carboxylic acids is 7. The number of hydrogen-bond donors (Lipinski definition) is 7. The highest BCUT2D eigenvalue weighted by molar-refractivity contribution is 7.90. The number of fused-ring (bicyclic) bond motifs is 4. The first-order valence-corrected chi connectivity index (χ1v) is 47.2. The largest absolute Gasteiger partial charge is 0.755 e. The number of ketones is 4. The highest BCUT2D eigenvalue weighted by Gasteiger charge is 2.30. The molecule has 10 N–H and O–H groups in total. The first kappa shape index (κ1) is 124. The van der Waals surface area contributed by atoms with Crippen LogP contribution in [0.5, 0.6) is 92.0 Å². The minimum atomic E-state index is -4.11. The van der Waals surface area contributed by atoms with Gasteiger partial charge in [0, 0.05) is 127 Å². The highest BCUT2D eigenvalue weighted by atomic mass is 35.5. The molecule has 0 aliphatic rings. The summed E-state index contributed by atoms with van der Waals surface area (Å²) < 4.78 is 144. The molecule has 0 bridgehead atoms. The van der Waals surface area contributed by atoms with E-state index in [0.717, 1.165) is 5.56 Å². The van der Waals surface area contributed by atoms with Crippen molar-refractivity contribution in [1.29, 1.82) is 0 Å². The average molecular weight is 2160 g/mol. The fourth-order valence-corrected chi connectivity index (χ4v) is 15.3.